The first kappa shape index (κ1) is 17.8. The first-order valence-corrected chi connectivity index (χ1v) is 9.67. The molecule has 0 amide bonds. The molecule has 3 heterocycles. The van der Waals surface area contributed by atoms with Gasteiger partial charge in [-0.15, -0.1) is 11.3 Å². The first-order valence-electron chi connectivity index (χ1n) is 8.79. The molecular weight excluding hydrogens is 364 g/mol. The van der Waals surface area contributed by atoms with Crippen molar-refractivity contribution >= 4 is 17.3 Å². The van der Waals surface area contributed by atoms with E-state index in [0.717, 1.165) is 11.1 Å². The fourth-order valence-corrected chi connectivity index (χ4v) is 4.14. The molecule has 27 heavy (non-hydrogen) atoms. The van der Waals surface area contributed by atoms with Crippen LogP contribution in [0.25, 0.3) is 11.3 Å². The van der Waals surface area contributed by atoms with Gasteiger partial charge in [-0.2, -0.15) is 5.10 Å². The maximum atomic E-state index is 11.7. The number of carboxylic acids is 1. The summed E-state index contributed by atoms with van der Waals surface area (Å²) in [4.78, 5) is 17.0. The fourth-order valence-electron chi connectivity index (χ4n) is 3.47. The van der Waals surface area contributed by atoms with Crippen molar-refractivity contribution in [1.29, 1.82) is 0 Å². The average Bonchev–Trinajstić information content (AvgIpc) is 3.29. The molecule has 0 aromatic carbocycles. The van der Waals surface area contributed by atoms with Gasteiger partial charge in [-0.3, -0.25) is 9.67 Å². The normalized spacial score (nSPS) is 13.8. The second-order valence-corrected chi connectivity index (χ2v) is 7.57. The Kier molecular flexibility index (Phi) is 5.02. The van der Waals surface area contributed by atoms with Crippen molar-refractivity contribution in [1.82, 2.24) is 20.1 Å². The summed E-state index contributed by atoms with van der Waals surface area (Å²) in [6.45, 7) is 1.10. The maximum Gasteiger partial charge on any atom is 0.0966 e. The number of nitrogens with zero attached hydrogens (tertiary/aromatic N) is 3. The summed E-state index contributed by atoms with van der Waals surface area (Å²) in [5.74, 6) is -1.26. The highest BCUT2D eigenvalue weighted by molar-refractivity contribution is 7.09. The van der Waals surface area contributed by atoms with Gasteiger partial charge < -0.3 is 20.3 Å². The molecule has 0 spiro atoms. The third-order valence-corrected chi connectivity index (χ3v) is 5.57. The van der Waals surface area contributed by atoms with Crippen molar-refractivity contribution in [3.8, 4) is 11.3 Å². The van der Waals surface area contributed by atoms with Crippen molar-refractivity contribution in [2.24, 2.45) is 0 Å². The number of nitrogens with one attached hydrogen (secondary N) is 1. The highest BCUT2D eigenvalue weighted by Gasteiger charge is 2.26. The summed E-state index contributed by atoms with van der Waals surface area (Å²) in [6, 6.07) is 5.85. The Morgan fingerprint density at radius 1 is 1.41 bits per heavy atom. The van der Waals surface area contributed by atoms with Gasteiger partial charge >= 0.3 is 0 Å². The molecule has 0 fully saturated rings. The first-order chi connectivity index (χ1) is 13.1. The summed E-state index contributed by atoms with van der Waals surface area (Å²) >= 11 is 1.64. The van der Waals surface area contributed by atoms with Gasteiger partial charge in [0.05, 0.1) is 30.0 Å². The van der Waals surface area contributed by atoms with E-state index in [1.165, 1.54) is 9.56 Å². The average molecular weight is 383 g/mol. The van der Waals surface area contributed by atoms with Gasteiger partial charge in [0.1, 0.15) is 0 Å². The van der Waals surface area contributed by atoms with E-state index in [0.29, 0.717) is 37.2 Å². The number of aromatic nitrogens is 3. The molecule has 4 rings (SSSR count). The molecule has 0 bridgehead atoms. The van der Waals surface area contributed by atoms with Crippen molar-refractivity contribution in [2.75, 3.05) is 6.54 Å². The Hall–Kier alpha value is -2.55. The standard InChI is InChI=1S/C19H20N4O3S/c24-13(9-21-10-14-2-1-7-27-14)11-23-18(19(25)26)16-4-3-12-8-20-6-5-15(12)17(16)22-23/h1-2,5-8,13,21,24H,3-4,9-11H2,(H,25,26)/p-1. The molecular formula is C19H19N4O3S-. The summed E-state index contributed by atoms with van der Waals surface area (Å²) in [6.07, 6.45) is 3.99. The van der Waals surface area contributed by atoms with Crippen LogP contribution in [0.15, 0.2) is 36.0 Å². The number of aliphatic hydroxyl groups excluding tert-OH is 1. The number of carboxylic acid groups (broad SMARTS) is 1. The Balaban J connectivity index is 1.53. The van der Waals surface area contributed by atoms with Crippen LogP contribution >= 0.6 is 11.3 Å². The maximum absolute atomic E-state index is 11.7. The highest BCUT2D eigenvalue weighted by Crippen LogP contribution is 2.33. The number of rotatable bonds is 7. The molecule has 3 aromatic rings. The molecule has 1 unspecified atom stereocenters. The number of aryl methyl sites for hydroxylation is 1. The van der Waals surface area contributed by atoms with Crippen LogP contribution in [-0.2, 0) is 25.9 Å². The van der Waals surface area contributed by atoms with Crippen LogP contribution in [0.2, 0.25) is 0 Å². The third kappa shape index (κ3) is 3.64. The molecule has 1 aliphatic rings. The molecule has 3 aromatic heterocycles. The van der Waals surface area contributed by atoms with Crippen LogP contribution in [0.5, 0.6) is 0 Å². The molecule has 0 saturated carbocycles. The minimum atomic E-state index is -1.26. The number of carbonyl (C=O) groups is 1. The molecule has 0 saturated heterocycles. The number of thiophene rings is 1. The molecule has 0 radical (unpaired) electrons. The van der Waals surface area contributed by atoms with E-state index in [1.54, 1.807) is 23.7 Å². The van der Waals surface area contributed by atoms with E-state index in [-0.39, 0.29) is 12.2 Å². The molecule has 8 heteroatoms. The van der Waals surface area contributed by atoms with Crippen LogP contribution in [0.3, 0.4) is 0 Å². The summed E-state index contributed by atoms with van der Waals surface area (Å²) < 4.78 is 1.37. The Morgan fingerprint density at radius 3 is 3.07 bits per heavy atom. The lowest BCUT2D eigenvalue weighted by molar-refractivity contribution is -0.256. The summed E-state index contributed by atoms with van der Waals surface area (Å²) in [5.41, 5.74) is 3.34. The van der Waals surface area contributed by atoms with E-state index in [2.05, 4.69) is 15.4 Å². The number of hydrogen-bond acceptors (Lipinski definition) is 7. The van der Waals surface area contributed by atoms with Gasteiger partial charge in [-0.25, -0.2) is 0 Å². The van der Waals surface area contributed by atoms with Crippen LogP contribution in [0.1, 0.15) is 26.5 Å². The largest absolute Gasteiger partial charge is 0.543 e. The van der Waals surface area contributed by atoms with Gasteiger partial charge in [0.15, 0.2) is 0 Å². The Bertz CT molecular complexity index is 952. The highest BCUT2D eigenvalue weighted by atomic mass is 32.1. The van der Waals surface area contributed by atoms with Gasteiger partial charge in [0.25, 0.3) is 0 Å². The van der Waals surface area contributed by atoms with Crippen LogP contribution < -0.4 is 10.4 Å². The zero-order valence-corrected chi connectivity index (χ0v) is 15.4. The summed E-state index contributed by atoms with van der Waals surface area (Å²) in [7, 11) is 0. The lowest BCUT2D eigenvalue weighted by Crippen LogP contribution is -2.33. The van der Waals surface area contributed by atoms with E-state index in [4.69, 9.17) is 0 Å². The predicted octanol–water partition coefficient (Wildman–Crippen LogP) is 0.619. The Labute approximate surface area is 160 Å². The molecule has 1 atom stereocenters. The second kappa shape index (κ2) is 7.59. The number of pyridine rings is 1. The minimum absolute atomic E-state index is 0.0600. The summed E-state index contributed by atoms with van der Waals surface area (Å²) in [5, 5.41) is 31.8. The lowest BCUT2D eigenvalue weighted by Gasteiger charge is -2.16. The number of aliphatic hydroxyl groups is 1. The van der Waals surface area contributed by atoms with Crippen LogP contribution in [0, 0.1) is 0 Å². The van der Waals surface area contributed by atoms with Crippen molar-refractivity contribution in [2.45, 2.75) is 32.0 Å². The quantitative estimate of drug-likeness (QED) is 0.620. The van der Waals surface area contributed by atoms with Crippen molar-refractivity contribution < 1.29 is 15.0 Å². The number of fused-ring (bicyclic) bond motifs is 3. The van der Waals surface area contributed by atoms with Crippen molar-refractivity contribution in [3.05, 3.63) is 57.7 Å². The molecule has 140 valence electrons. The van der Waals surface area contributed by atoms with E-state index < -0.39 is 12.1 Å². The number of carbonyl (C=O) groups excluding carboxylic acids is 1. The van der Waals surface area contributed by atoms with E-state index >= 15 is 0 Å². The van der Waals surface area contributed by atoms with Gasteiger partial charge in [0, 0.05) is 41.5 Å². The second-order valence-electron chi connectivity index (χ2n) is 6.54. The predicted molar refractivity (Wildman–Crippen MR) is 99.2 cm³/mol. The smallest absolute Gasteiger partial charge is 0.0966 e. The molecule has 0 aliphatic heterocycles. The molecule has 1 aliphatic carbocycles. The van der Waals surface area contributed by atoms with Crippen LogP contribution in [0.4, 0.5) is 0 Å². The minimum Gasteiger partial charge on any atom is -0.543 e. The Morgan fingerprint density at radius 2 is 2.30 bits per heavy atom. The molecule has 7 nitrogen and oxygen atoms in total. The van der Waals surface area contributed by atoms with Crippen molar-refractivity contribution in [3.63, 3.8) is 0 Å². The van der Waals surface area contributed by atoms with Gasteiger partial charge in [-0.1, -0.05) is 6.07 Å². The topological polar surface area (TPSA) is 103 Å². The molecule has 2 N–H and O–H groups in total. The zero-order valence-electron chi connectivity index (χ0n) is 14.6. The monoisotopic (exact) mass is 383 g/mol. The van der Waals surface area contributed by atoms with Crippen LogP contribution in [-0.4, -0.2) is 38.5 Å². The van der Waals surface area contributed by atoms with Gasteiger partial charge in [-0.05, 0) is 35.9 Å². The third-order valence-electron chi connectivity index (χ3n) is 4.69. The van der Waals surface area contributed by atoms with E-state index in [1.807, 2.05) is 23.6 Å². The van der Waals surface area contributed by atoms with Gasteiger partial charge in [0.2, 0.25) is 0 Å². The SMILES string of the molecule is O=C([O-])c1c2c(nn1CC(O)CNCc1cccs1)-c1ccncc1CC2. The number of aromatic carboxylic acids is 1. The lowest BCUT2D eigenvalue weighted by atomic mass is 9.90. The fraction of sp³-hybridized carbons (Fsp3) is 0.316. The zero-order chi connectivity index (χ0) is 18.8. The number of hydrogen-bond donors (Lipinski definition) is 2. The van der Waals surface area contributed by atoms with E-state index in [9.17, 15) is 15.0 Å².